The summed E-state index contributed by atoms with van der Waals surface area (Å²) in [5, 5.41) is 0. The van der Waals surface area contributed by atoms with Crippen LogP contribution in [0.2, 0.25) is 0 Å². The summed E-state index contributed by atoms with van der Waals surface area (Å²) >= 11 is 0. The standard InChI is InChI=1S/C17H26N2O/c1-3-16-10-5-4-6-11-19(16)17(20)13(2)14-8-7-9-15(18)12-14/h7-9,12-13,16H,3-6,10-11,18H2,1-2H3. The van der Waals surface area contributed by atoms with Crippen molar-refractivity contribution in [2.75, 3.05) is 12.3 Å². The third kappa shape index (κ3) is 3.33. The van der Waals surface area contributed by atoms with Crippen molar-refractivity contribution in [2.45, 2.75) is 57.9 Å². The molecule has 0 aliphatic carbocycles. The summed E-state index contributed by atoms with van der Waals surface area (Å²) in [5.74, 6) is 0.148. The minimum absolute atomic E-state index is 0.106. The van der Waals surface area contributed by atoms with E-state index in [1.54, 1.807) is 0 Å². The van der Waals surface area contributed by atoms with E-state index in [9.17, 15) is 4.79 Å². The molecule has 3 nitrogen and oxygen atoms in total. The van der Waals surface area contributed by atoms with Crippen LogP contribution >= 0.6 is 0 Å². The molecule has 2 atom stereocenters. The molecule has 1 aromatic rings. The number of nitrogen functional groups attached to an aromatic ring is 1. The molecule has 0 aromatic heterocycles. The lowest BCUT2D eigenvalue weighted by Gasteiger charge is -2.32. The highest BCUT2D eigenvalue weighted by Gasteiger charge is 2.28. The van der Waals surface area contributed by atoms with Crippen molar-refractivity contribution in [3.8, 4) is 0 Å². The van der Waals surface area contributed by atoms with Gasteiger partial charge in [0, 0.05) is 18.3 Å². The number of nitrogens with zero attached hydrogens (tertiary/aromatic N) is 1. The molecule has 1 aliphatic rings. The fraction of sp³-hybridized carbons (Fsp3) is 0.588. The molecule has 0 radical (unpaired) electrons. The zero-order valence-electron chi connectivity index (χ0n) is 12.6. The molecule has 0 saturated carbocycles. The first-order valence-corrected chi connectivity index (χ1v) is 7.79. The first kappa shape index (κ1) is 14.9. The summed E-state index contributed by atoms with van der Waals surface area (Å²) < 4.78 is 0. The van der Waals surface area contributed by atoms with Crippen LogP contribution in [-0.2, 0) is 4.79 Å². The fourth-order valence-corrected chi connectivity index (χ4v) is 3.11. The van der Waals surface area contributed by atoms with Crippen molar-refractivity contribution < 1.29 is 4.79 Å². The van der Waals surface area contributed by atoms with Gasteiger partial charge in [0.05, 0.1) is 5.92 Å². The van der Waals surface area contributed by atoms with Crippen molar-refractivity contribution in [3.05, 3.63) is 29.8 Å². The number of likely N-dealkylation sites (tertiary alicyclic amines) is 1. The molecule has 1 amide bonds. The van der Waals surface area contributed by atoms with Gasteiger partial charge in [-0.25, -0.2) is 0 Å². The van der Waals surface area contributed by atoms with Gasteiger partial charge in [0.25, 0.3) is 0 Å². The Morgan fingerprint density at radius 3 is 2.90 bits per heavy atom. The predicted molar refractivity (Wildman–Crippen MR) is 83.5 cm³/mol. The second-order valence-electron chi connectivity index (χ2n) is 5.83. The van der Waals surface area contributed by atoms with Gasteiger partial charge in [0.15, 0.2) is 0 Å². The first-order chi connectivity index (χ1) is 9.63. The van der Waals surface area contributed by atoms with Crippen LogP contribution in [0.1, 0.15) is 57.4 Å². The smallest absolute Gasteiger partial charge is 0.230 e. The quantitative estimate of drug-likeness (QED) is 0.857. The Labute approximate surface area is 122 Å². The highest BCUT2D eigenvalue weighted by molar-refractivity contribution is 5.84. The monoisotopic (exact) mass is 274 g/mol. The second-order valence-corrected chi connectivity index (χ2v) is 5.83. The maximum absolute atomic E-state index is 12.8. The minimum Gasteiger partial charge on any atom is -0.399 e. The maximum Gasteiger partial charge on any atom is 0.230 e. The zero-order valence-corrected chi connectivity index (χ0v) is 12.6. The van der Waals surface area contributed by atoms with Gasteiger partial charge >= 0.3 is 0 Å². The number of anilines is 1. The Bertz CT molecular complexity index is 458. The number of carbonyl (C=O) groups excluding carboxylic acids is 1. The van der Waals surface area contributed by atoms with E-state index in [1.165, 1.54) is 12.8 Å². The van der Waals surface area contributed by atoms with Crippen LogP contribution in [0.3, 0.4) is 0 Å². The van der Waals surface area contributed by atoms with Gasteiger partial charge in [0.2, 0.25) is 5.91 Å². The van der Waals surface area contributed by atoms with E-state index in [0.29, 0.717) is 6.04 Å². The number of carbonyl (C=O) groups is 1. The topological polar surface area (TPSA) is 46.3 Å². The molecule has 1 fully saturated rings. The summed E-state index contributed by atoms with van der Waals surface area (Å²) in [6.45, 7) is 5.08. The molecule has 1 aliphatic heterocycles. The Hall–Kier alpha value is -1.51. The Morgan fingerprint density at radius 1 is 1.40 bits per heavy atom. The van der Waals surface area contributed by atoms with Crippen LogP contribution in [0, 0.1) is 0 Å². The number of benzene rings is 1. The summed E-state index contributed by atoms with van der Waals surface area (Å²) in [7, 11) is 0. The van der Waals surface area contributed by atoms with Crippen LogP contribution in [0.15, 0.2) is 24.3 Å². The summed E-state index contributed by atoms with van der Waals surface area (Å²) in [6.07, 6.45) is 5.81. The molecule has 3 heteroatoms. The third-order valence-electron chi connectivity index (χ3n) is 4.41. The molecule has 2 unspecified atom stereocenters. The summed E-state index contributed by atoms with van der Waals surface area (Å²) in [5.41, 5.74) is 7.58. The zero-order chi connectivity index (χ0) is 14.5. The van der Waals surface area contributed by atoms with Gasteiger partial charge in [-0.1, -0.05) is 31.9 Å². The van der Waals surface area contributed by atoms with E-state index in [-0.39, 0.29) is 11.8 Å². The molecule has 2 rings (SSSR count). The molecular formula is C17H26N2O. The molecular weight excluding hydrogens is 248 g/mol. The lowest BCUT2D eigenvalue weighted by Crippen LogP contribution is -2.41. The van der Waals surface area contributed by atoms with Crippen LogP contribution in [0.4, 0.5) is 5.69 Å². The van der Waals surface area contributed by atoms with E-state index < -0.39 is 0 Å². The minimum atomic E-state index is -0.106. The van der Waals surface area contributed by atoms with Crippen LogP contribution in [0.25, 0.3) is 0 Å². The van der Waals surface area contributed by atoms with E-state index in [1.807, 2.05) is 31.2 Å². The summed E-state index contributed by atoms with van der Waals surface area (Å²) in [4.78, 5) is 14.9. The lowest BCUT2D eigenvalue weighted by molar-refractivity contribution is -0.134. The van der Waals surface area contributed by atoms with Crippen molar-refractivity contribution >= 4 is 11.6 Å². The predicted octanol–water partition coefficient (Wildman–Crippen LogP) is 3.55. The average molecular weight is 274 g/mol. The Kier molecular flexibility index (Phi) is 5.05. The highest BCUT2D eigenvalue weighted by Crippen LogP contribution is 2.25. The highest BCUT2D eigenvalue weighted by atomic mass is 16.2. The summed E-state index contributed by atoms with van der Waals surface area (Å²) in [6, 6.07) is 8.11. The van der Waals surface area contributed by atoms with Gasteiger partial charge < -0.3 is 10.6 Å². The molecule has 2 N–H and O–H groups in total. The van der Waals surface area contributed by atoms with Crippen molar-refractivity contribution in [3.63, 3.8) is 0 Å². The molecule has 20 heavy (non-hydrogen) atoms. The van der Waals surface area contributed by atoms with Crippen molar-refractivity contribution in [2.24, 2.45) is 0 Å². The number of rotatable bonds is 3. The average Bonchev–Trinajstić information content (AvgIpc) is 2.70. The van der Waals surface area contributed by atoms with Gasteiger partial charge in [0.1, 0.15) is 0 Å². The Morgan fingerprint density at radius 2 is 2.20 bits per heavy atom. The van der Waals surface area contributed by atoms with Gasteiger partial charge in [-0.2, -0.15) is 0 Å². The van der Waals surface area contributed by atoms with Gasteiger partial charge in [-0.3, -0.25) is 4.79 Å². The van der Waals surface area contributed by atoms with E-state index >= 15 is 0 Å². The van der Waals surface area contributed by atoms with E-state index in [0.717, 1.165) is 37.1 Å². The molecule has 1 heterocycles. The first-order valence-electron chi connectivity index (χ1n) is 7.79. The largest absolute Gasteiger partial charge is 0.399 e. The maximum atomic E-state index is 12.8. The number of hydrogen-bond acceptors (Lipinski definition) is 2. The molecule has 110 valence electrons. The van der Waals surface area contributed by atoms with Crippen LogP contribution < -0.4 is 5.73 Å². The van der Waals surface area contributed by atoms with Gasteiger partial charge in [-0.05, 0) is 43.9 Å². The van der Waals surface area contributed by atoms with E-state index in [4.69, 9.17) is 5.73 Å². The Balaban J connectivity index is 2.15. The van der Waals surface area contributed by atoms with Crippen LogP contribution in [0.5, 0.6) is 0 Å². The molecule has 1 aromatic carbocycles. The number of nitrogens with two attached hydrogens (primary N) is 1. The SMILES string of the molecule is CCC1CCCCCN1C(=O)C(C)c1cccc(N)c1. The number of amides is 1. The molecule has 1 saturated heterocycles. The molecule has 0 bridgehead atoms. The lowest BCUT2D eigenvalue weighted by atomic mass is 9.97. The van der Waals surface area contributed by atoms with Gasteiger partial charge in [-0.15, -0.1) is 0 Å². The van der Waals surface area contributed by atoms with E-state index in [2.05, 4.69) is 11.8 Å². The molecule has 0 spiro atoms. The van der Waals surface area contributed by atoms with Crippen molar-refractivity contribution in [1.29, 1.82) is 0 Å². The van der Waals surface area contributed by atoms with Crippen LogP contribution in [-0.4, -0.2) is 23.4 Å². The van der Waals surface area contributed by atoms with Crippen molar-refractivity contribution in [1.82, 2.24) is 4.90 Å². The second kappa shape index (κ2) is 6.78. The fourth-order valence-electron chi connectivity index (χ4n) is 3.11. The third-order valence-corrected chi connectivity index (χ3v) is 4.41. The normalized spacial score (nSPS) is 21.3. The number of hydrogen-bond donors (Lipinski definition) is 1.